The van der Waals surface area contributed by atoms with Gasteiger partial charge in [-0.1, -0.05) is 15.9 Å². The van der Waals surface area contributed by atoms with Gasteiger partial charge in [0.15, 0.2) is 0 Å². The molecule has 0 unspecified atom stereocenters. The third-order valence-corrected chi connectivity index (χ3v) is 2.34. The van der Waals surface area contributed by atoms with Crippen molar-refractivity contribution in [1.29, 1.82) is 0 Å². The lowest BCUT2D eigenvalue weighted by molar-refractivity contribution is 0.600. The van der Waals surface area contributed by atoms with Gasteiger partial charge in [0.05, 0.1) is 0 Å². The number of hydrogen-bond donors (Lipinski definition) is 0. The molecule has 0 fully saturated rings. The summed E-state index contributed by atoms with van der Waals surface area (Å²) in [4.78, 5) is 4.20. The summed E-state index contributed by atoms with van der Waals surface area (Å²) >= 11 is 3.41. The van der Waals surface area contributed by atoms with E-state index in [0.29, 0.717) is 0 Å². The van der Waals surface area contributed by atoms with E-state index in [-0.39, 0.29) is 0 Å². The van der Waals surface area contributed by atoms with Gasteiger partial charge in [0.2, 0.25) is 0 Å². The Morgan fingerprint density at radius 2 is 2.33 bits per heavy atom. The van der Waals surface area contributed by atoms with Crippen LogP contribution in [0.5, 0.6) is 0 Å². The molecule has 0 aliphatic heterocycles. The molecule has 0 N–H and O–H groups in total. The number of aromatic nitrogens is 3. The fourth-order valence-electron chi connectivity index (χ4n) is 1.12. The molecular formula is C8H14BrN3. The number of alkyl halides is 1. The molecule has 1 rings (SSSR count). The van der Waals surface area contributed by atoms with Crippen molar-refractivity contribution < 1.29 is 0 Å². The van der Waals surface area contributed by atoms with Crippen LogP contribution in [0.25, 0.3) is 0 Å². The van der Waals surface area contributed by atoms with E-state index in [4.69, 9.17) is 0 Å². The van der Waals surface area contributed by atoms with E-state index in [1.54, 1.807) is 6.33 Å². The van der Waals surface area contributed by atoms with Crippen LogP contribution in [0.15, 0.2) is 6.33 Å². The van der Waals surface area contributed by atoms with Crippen LogP contribution in [0, 0.1) is 0 Å². The lowest BCUT2D eigenvalue weighted by atomic mass is 10.2. The highest BCUT2D eigenvalue weighted by Gasteiger charge is 2.00. The van der Waals surface area contributed by atoms with Crippen molar-refractivity contribution in [3.05, 3.63) is 12.2 Å². The topological polar surface area (TPSA) is 30.7 Å². The molecule has 0 bridgehead atoms. The van der Waals surface area contributed by atoms with Crippen LogP contribution in [0.1, 0.15) is 25.6 Å². The van der Waals surface area contributed by atoms with Crippen molar-refractivity contribution in [2.24, 2.45) is 0 Å². The zero-order valence-electron chi connectivity index (χ0n) is 7.33. The van der Waals surface area contributed by atoms with Crippen molar-refractivity contribution in [3.63, 3.8) is 0 Å². The summed E-state index contributed by atoms with van der Waals surface area (Å²) in [6, 6.07) is 0. The average molecular weight is 232 g/mol. The van der Waals surface area contributed by atoms with Gasteiger partial charge in [-0.15, -0.1) is 0 Å². The van der Waals surface area contributed by atoms with Crippen LogP contribution in [0.4, 0.5) is 0 Å². The van der Waals surface area contributed by atoms with E-state index in [1.807, 2.05) is 4.68 Å². The minimum atomic E-state index is 0.920. The second-order valence-corrected chi connectivity index (χ2v) is 3.43. The molecule has 68 valence electrons. The predicted molar refractivity (Wildman–Crippen MR) is 52.4 cm³/mol. The van der Waals surface area contributed by atoms with E-state index < -0.39 is 0 Å². The third kappa shape index (κ3) is 2.59. The second kappa shape index (κ2) is 5.30. The Morgan fingerprint density at radius 3 is 3.00 bits per heavy atom. The Balaban J connectivity index is 2.39. The molecule has 0 aliphatic carbocycles. The van der Waals surface area contributed by atoms with Crippen LogP contribution >= 0.6 is 15.9 Å². The van der Waals surface area contributed by atoms with Crippen LogP contribution in [-0.2, 0) is 13.0 Å². The normalized spacial score (nSPS) is 10.5. The van der Waals surface area contributed by atoms with Crippen LogP contribution in [0.3, 0.4) is 0 Å². The summed E-state index contributed by atoms with van der Waals surface area (Å²) in [5, 5.41) is 5.18. The first-order valence-electron chi connectivity index (χ1n) is 4.31. The molecule has 0 saturated carbocycles. The molecule has 12 heavy (non-hydrogen) atoms. The SMILES string of the molecule is CCn1ncnc1CCCCBr. The highest BCUT2D eigenvalue weighted by molar-refractivity contribution is 9.09. The zero-order valence-corrected chi connectivity index (χ0v) is 8.92. The molecule has 0 spiro atoms. The van der Waals surface area contributed by atoms with Gasteiger partial charge in [-0.2, -0.15) is 5.10 Å². The van der Waals surface area contributed by atoms with Gasteiger partial charge in [0, 0.05) is 18.3 Å². The van der Waals surface area contributed by atoms with Crippen molar-refractivity contribution >= 4 is 15.9 Å². The molecule has 0 amide bonds. The van der Waals surface area contributed by atoms with Crippen molar-refractivity contribution in [1.82, 2.24) is 14.8 Å². The van der Waals surface area contributed by atoms with Crippen molar-refractivity contribution in [3.8, 4) is 0 Å². The smallest absolute Gasteiger partial charge is 0.138 e. The van der Waals surface area contributed by atoms with Gasteiger partial charge in [0.1, 0.15) is 12.2 Å². The van der Waals surface area contributed by atoms with Crippen molar-refractivity contribution in [2.75, 3.05) is 5.33 Å². The van der Waals surface area contributed by atoms with E-state index >= 15 is 0 Å². The maximum absolute atomic E-state index is 4.20. The summed E-state index contributed by atoms with van der Waals surface area (Å²) in [5.74, 6) is 1.11. The zero-order chi connectivity index (χ0) is 8.81. The number of halogens is 1. The molecule has 3 nitrogen and oxygen atoms in total. The maximum atomic E-state index is 4.20. The molecule has 0 atom stereocenters. The van der Waals surface area contributed by atoms with Crippen LogP contribution < -0.4 is 0 Å². The van der Waals surface area contributed by atoms with E-state index in [2.05, 4.69) is 32.9 Å². The first kappa shape index (κ1) is 9.71. The lowest BCUT2D eigenvalue weighted by Gasteiger charge is -2.00. The molecule has 1 aromatic rings. The van der Waals surface area contributed by atoms with Gasteiger partial charge >= 0.3 is 0 Å². The maximum Gasteiger partial charge on any atom is 0.138 e. The van der Waals surface area contributed by atoms with Gasteiger partial charge in [0.25, 0.3) is 0 Å². The fourth-order valence-corrected chi connectivity index (χ4v) is 1.52. The largest absolute Gasteiger partial charge is 0.250 e. The summed E-state index contributed by atoms with van der Waals surface area (Å²) < 4.78 is 1.95. The van der Waals surface area contributed by atoms with Crippen LogP contribution in [-0.4, -0.2) is 20.1 Å². The Hall–Kier alpha value is -0.380. The number of aryl methyl sites for hydroxylation is 2. The Bertz CT molecular complexity index is 222. The average Bonchev–Trinajstić information content (AvgIpc) is 2.52. The molecule has 1 heterocycles. The van der Waals surface area contributed by atoms with Gasteiger partial charge in [-0.25, -0.2) is 4.98 Å². The Kier molecular flexibility index (Phi) is 4.29. The van der Waals surface area contributed by atoms with E-state index in [9.17, 15) is 0 Å². The highest BCUT2D eigenvalue weighted by Crippen LogP contribution is 2.02. The summed E-state index contributed by atoms with van der Waals surface area (Å²) in [6.07, 6.45) is 5.06. The number of nitrogens with zero attached hydrogens (tertiary/aromatic N) is 3. The van der Waals surface area contributed by atoms with Gasteiger partial charge < -0.3 is 0 Å². The fraction of sp³-hybridized carbons (Fsp3) is 0.750. The molecule has 4 heteroatoms. The molecule has 0 saturated heterocycles. The van der Waals surface area contributed by atoms with E-state index in [1.165, 1.54) is 12.8 Å². The lowest BCUT2D eigenvalue weighted by Crippen LogP contribution is -2.03. The molecular weight excluding hydrogens is 218 g/mol. The quantitative estimate of drug-likeness (QED) is 0.574. The molecule has 0 aromatic carbocycles. The number of hydrogen-bond acceptors (Lipinski definition) is 2. The summed E-state index contributed by atoms with van der Waals surface area (Å²) in [6.45, 7) is 3.01. The Morgan fingerprint density at radius 1 is 1.50 bits per heavy atom. The predicted octanol–water partition coefficient (Wildman–Crippen LogP) is 2.02. The summed E-state index contributed by atoms with van der Waals surface area (Å²) in [5.41, 5.74) is 0. The van der Waals surface area contributed by atoms with Gasteiger partial charge in [-0.3, -0.25) is 4.68 Å². The van der Waals surface area contributed by atoms with E-state index in [0.717, 1.165) is 24.1 Å². The summed E-state index contributed by atoms with van der Waals surface area (Å²) in [7, 11) is 0. The second-order valence-electron chi connectivity index (χ2n) is 2.64. The first-order valence-corrected chi connectivity index (χ1v) is 5.43. The third-order valence-electron chi connectivity index (χ3n) is 1.78. The van der Waals surface area contributed by atoms with Gasteiger partial charge in [-0.05, 0) is 19.8 Å². The number of rotatable bonds is 5. The standard InChI is InChI=1S/C8H14BrN3/c1-2-12-8(10-7-11-12)5-3-4-6-9/h7H,2-6H2,1H3. The molecule has 0 aliphatic rings. The van der Waals surface area contributed by atoms with Crippen molar-refractivity contribution in [2.45, 2.75) is 32.7 Å². The minimum absolute atomic E-state index is 0.920. The first-order chi connectivity index (χ1) is 5.88. The Labute approximate surface area is 81.3 Å². The monoisotopic (exact) mass is 231 g/mol. The molecule has 1 aromatic heterocycles. The highest BCUT2D eigenvalue weighted by atomic mass is 79.9. The minimum Gasteiger partial charge on any atom is -0.250 e. The number of unbranched alkanes of at least 4 members (excludes halogenated alkanes) is 1. The molecule has 0 radical (unpaired) electrons. The van der Waals surface area contributed by atoms with Crippen LogP contribution in [0.2, 0.25) is 0 Å².